The smallest absolute Gasteiger partial charge is 0.221 e. The Kier molecular flexibility index (Phi) is 7.29. The molecule has 0 spiro atoms. The predicted octanol–water partition coefficient (Wildman–Crippen LogP) is 1.96. The summed E-state index contributed by atoms with van der Waals surface area (Å²) in [4.78, 5) is 25.0. The molecule has 1 N–H and O–H groups in total. The van der Waals surface area contributed by atoms with E-state index in [1.165, 1.54) is 6.92 Å². The number of carbonyl (C=O) groups is 2. The Morgan fingerprint density at radius 3 is 2.62 bits per heavy atom. The van der Waals surface area contributed by atoms with Crippen LogP contribution in [-0.2, 0) is 16.1 Å². The maximum Gasteiger partial charge on any atom is 0.221 e. The Morgan fingerprint density at radius 1 is 1.29 bits per heavy atom. The number of ether oxygens (including phenoxy) is 1. The molecule has 0 saturated heterocycles. The first-order chi connectivity index (χ1) is 10.1. The average molecular weight is 292 g/mol. The minimum Gasteiger partial charge on any atom is -0.496 e. The van der Waals surface area contributed by atoms with Gasteiger partial charge in [-0.1, -0.05) is 25.1 Å². The van der Waals surface area contributed by atoms with E-state index in [0.29, 0.717) is 26.1 Å². The summed E-state index contributed by atoms with van der Waals surface area (Å²) < 4.78 is 5.29. The van der Waals surface area contributed by atoms with Crippen LogP contribution < -0.4 is 10.1 Å². The monoisotopic (exact) mass is 292 g/mol. The number of benzene rings is 1. The van der Waals surface area contributed by atoms with E-state index in [9.17, 15) is 9.59 Å². The third-order valence-electron chi connectivity index (χ3n) is 3.18. The molecule has 0 aliphatic rings. The van der Waals surface area contributed by atoms with Gasteiger partial charge in [-0.25, -0.2) is 0 Å². The summed E-state index contributed by atoms with van der Waals surface area (Å²) in [5.41, 5.74) is 0.934. The molecule has 0 unspecified atom stereocenters. The van der Waals surface area contributed by atoms with E-state index in [4.69, 9.17) is 4.74 Å². The van der Waals surface area contributed by atoms with Gasteiger partial charge in [0.1, 0.15) is 5.75 Å². The van der Waals surface area contributed by atoms with Gasteiger partial charge in [-0.2, -0.15) is 0 Å². The van der Waals surface area contributed by atoms with Crippen LogP contribution in [0.1, 0.15) is 32.3 Å². The zero-order valence-electron chi connectivity index (χ0n) is 13.0. The number of amides is 2. The standard InChI is InChI=1S/C16H24N2O3/c1-4-10-17-16(20)9-11-18(13(2)19)12-14-7-5-6-8-15(14)21-3/h5-8H,4,9-12H2,1-3H3,(H,17,20). The van der Waals surface area contributed by atoms with Crippen molar-refractivity contribution in [3.63, 3.8) is 0 Å². The number of hydrogen-bond acceptors (Lipinski definition) is 3. The molecule has 2 amide bonds. The summed E-state index contributed by atoms with van der Waals surface area (Å²) in [5.74, 6) is 0.673. The first kappa shape index (κ1) is 17.0. The Labute approximate surface area is 126 Å². The maximum absolute atomic E-state index is 11.7. The van der Waals surface area contributed by atoms with Gasteiger partial charge in [0, 0.05) is 38.5 Å². The summed E-state index contributed by atoms with van der Waals surface area (Å²) >= 11 is 0. The number of methoxy groups -OCH3 is 1. The van der Waals surface area contributed by atoms with E-state index >= 15 is 0 Å². The highest BCUT2D eigenvalue weighted by Crippen LogP contribution is 2.19. The number of para-hydroxylation sites is 1. The van der Waals surface area contributed by atoms with Crippen LogP contribution >= 0.6 is 0 Å². The van der Waals surface area contributed by atoms with Crippen LogP contribution in [0.25, 0.3) is 0 Å². The number of rotatable bonds is 8. The van der Waals surface area contributed by atoms with E-state index in [1.807, 2.05) is 31.2 Å². The molecule has 0 aromatic heterocycles. The van der Waals surface area contributed by atoms with Crippen molar-refractivity contribution in [2.24, 2.45) is 0 Å². The van der Waals surface area contributed by atoms with Crippen LogP contribution in [0, 0.1) is 0 Å². The zero-order chi connectivity index (χ0) is 15.7. The van der Waals surface area contributed by atoms with Crippen molar-refractivity contribution in [1.82, 2.24) is 10.2 Å². The molecule has 5 heteroatoms. The van der Waals surface area contributed by atoms with Crippen molar-refractivity contribution < 1.29 is 14.3 Å². The minimum atomic E-state index is -0.0517. The van der Waals surface area contributed by atoms with E-state index in [1.54, 1.807) is 12.0 Å². The van der Waals surface area contributed by atoms with E-state index in [-0.39, 0.29) is 11.8 Å². The average Bonchev–Trinajstić information content (AvgIpc) is 2.49. The van der Waals surface area contributed by atoms with E-state index < -0.39 is 0 Å². The van der Waals surface area contributed by atoms with Gasteiger partial charge in [-0.05, 0) is 12.5 Å². The predicted molar refractivity (Wildman–Crippen MR) is 82.0 cm³/mol. The fraction of sp³-hybridized carbons (Fsp3) is 0.500. The van der Waals surface area contributed by atoms with Crippen molar-refractivity contribution in [1.29, 1.82) is 0 Å². The number of hydrogen-bond donors (Lipinski definition) is 1. The van der Waals surface area contributed by atoms with Gasteiger partial charge < -0.3 is 15.0 Å². The molecule has 0 atom stereocenters. The van der Waals surface area contributed by atoms with E-state index in [0.717, 1.165) is 17.7 Å². The topological polar surface area (TPSA) is 58.6 Å². The molecule has 0 radical (unpaired) electrons. The van der Waals surface area contributed by atoms with Crippen molar-refractivity contribution in [2.45, 2.75) is 33.2 Å². The Bertz CT molecular complexity index is 474. The van der Waals surface area contributed by atoms with Gasteiger partial charge in [-0.3, -0.25) is 9.59 Å². The largest absolute Gasteiger partial charge is 0.496 e. The lowest BCUT2D eigenvalue weighted by Gasteiger charge is -2.22. The van der Waals surface area contributed by atoms with E-state index in [2.05, 4.69) is 5.32 Å². The summed E-state index contributed by atoms with van der Waals surface area (Å²) in [5, 5.41) is 2.81. The molecular formula is C16H24N2O3. The molecule has 1 aromatic rings. The minimum absolute atomic E-state index is 0.0249. The third-order valence-corrected chi connectivity index (χ3v) is 3.18. The lowest BCUT2D eigenvalue weighted by molar-refractivity contribution is -0.130. The Balaban J connectivity index is 2.62. The van der Waals surface area contributed by atoms with Gasteiger partial charge in [-0.15, -0.1) is 0 Å². The quantitative estimate of drug-likeness (QED) is 0.797. The summed E-state index contributed by atoms with van der Waals surface area (Å²) in [6, 6.07) is 7.58. The molecule has 0 fully saturated rings. The molecule has 116 valence electrons. The van der Waals surface area contributed by atoms with Crippen molar-refractivity contribution in [2.75, 3.05) is 20.2 Å². The van der Waals surface area contributed by atoms with Gasteiger partial charge in [0.05, 0.1) is 7.11 Å². The molecule has 1 aromatic carbocycles. The van der Waals surface area contributed by atoms with Gasteiger partial charge in [0.2, 0.25) is 11.8 Å². The molecule has 1 rings (SSSR count). The highest BCUT2D eigenvalue weighted by atomic mass is 16.5. The Hall–Kier alpha value is -2.04. The SMILES string of the molecule is CCCNC(=O)CCN(Cc1ccccc1OC)C(C)=O. The second kappa shape index (κ2) is 9.00. The van der Waals surface area contributed by atoms with Crippen LogP contribution in [0.5, 0.6) is 5.75 Å². The van der Waals surface area contributed by atoms with Crippen molar-refractivity contribution >= 4 is 11.8 Å². The fourth-order valence-corrected chi connectivity index (χ4v) is 1.98. The van der Waals surface area contributed by atoms with Crippen LogP contribution in [0.4, 0.5) is 0 Å². The number of nitrogens with zero attached hydrogens (tertiary/aromatic N) is 1. The van der Waals surface area contributed by atoms with Gasteiger partial charge >= 0.3 is 0 Å². The molecule has 5 nitrogen and oxygen atoms in total. The second-order valence-corrected chi connectivity index (χ2v) is 4.85. The lowest BCUT2D eigenvalue weighted by Crippen LogP contribution is -2.33. The molecule has 21 heavy (non-hydrogen) atoms. The molecule has 0 aliphatic heterocycles. The second-order valence-electron chi connectivity index (χ2n) is 4.85. The molecule has 0 heterocycles. The normalized spacial score (nSPS) is 10.0. The summed E-state index contributed by atoms with van der Waals surface area (Å²) in [7, 11) is 1.61. The number of nitrogens with one attached hydrogen (secondary N) is 1. The first-order valence-electron chi connectivity index (χ1n) is 7.22. The van der Waals surface area contributed by atoms with Crippen molar-refractivity contribution in [3.05, 3.63) is 29.8 Å². The third kappa shape index (κ3) is 5.85. The highest BCUT2D eigenvalue weighted by Gasteiger charge is 2.13. The first-order valence-corrected chi connectivity index (χ1v) is 7.22. The van der Waals surface area contributed by atoms with Crippen LogP contribution in [-0.4, -0.2) is 36.9 Å². The summed E-state index contributed by atoms with van der Waals surface area (Å²) in [6.07, 6.45) is 1.22. The molecule has 0 bridgehead atoms. The lowest BCUT2D eigenvalue weighted by atomic mass is 10.2. The maximum atomic E-state index is 11.7. The zero-order valence-corrected chi connectivity index (χ0v) is 13.0. The van der Waals surface area contributed by atoms with Crippen LogP contribution in [0.15, 0.2) is 24.3 Å². The van der Waals surface area contributed by atoms with Gasteiger partial charge in [0.25, 0.3) is 0 Å². The highest BCUT2D eigenvalue weighted by molar-refractivity contribution is 5.78. The fourth-order valence-electron chi connectivity index (χ4n) is 1.98. The van der Waals surface area contributed by atoms with Crippen LogP contribution in [0.2, 0.25) is 0 Å². The van der Waals surface area contributed by atoms with Crippen molar-refractivity contribution in [3.8, 4) is 5.75 Å². The number of carbonyl (C=O) groups excluding carboxylic acids is 2. The van der Waals surface area contributed by atoms with Crippen LogP contribution in [0.3, 0.4) is 0 Å². The molecule has 0 aliphatic carbocycles. The molecular weight excluding hydrogens is 268 g/mol. The molecule has 0 saturated carbocycles. The Morgan fingerprint density at radius 2 is 2.00 bits per heavy atom. The van der Waals surface area contributed by atoms with Gasteiger partial charge in [0.15, 0.2) is 0 Å². The summed E-state index contributed by atoms with van der Waals surface area (Å²) in [6.45, 7) is 5.04.